The number of aliphatic hydroxyl groups is 1. The molecule has 0 radical (unpaired) electrons. The first-order valence-corrected chi connectivity index (χ1v) is 9.36. The number of aromatic hydroxyl groups is 1. The van der Waals surface area contributed by atoms with Crippen LogP contribution in [-0.2, 0) is 18.5 Å². The largest absolute Gasteiger partial charge is 0.508 e. The molecule has 2 N–H and O–H groups in total. The number of aromatic nitrogens is 1. The summed E-state index contributed by atoms with van der Waals surface area (Å²) in [5.74, 6) is 0.756. The lowest BCUT2D eigenvalue weighted by molar-refractivity contribution is -0.137. The van der Waals surface area contributed by atoms with E-state index in [2.05, 4.69) is 4.98 Å². The topological polar surface area (TPSA) is 53.4 Å². The number of nitrogens with zero attached hydrogens (tertiary/aromatic N) is 1. The van der Waals surface area contributed by atoms with Crippen molar-refractivity contribution in [1.29, 1.82) is 0 Å². The Kier molecular flexibility index (Phi) is 5.55. The van der Waals surface area contributed by atoms with Crippen molar-refractivity contribution in [3.63, 3.8) is 0 Å². The van der Waals surface area contributed by atoms with Crippen LogP contribution in [0.25, 0.3) is 10.6 Å². The van der Waals surface area contributed by atoms with Crippen molar-refractivity contribution >= 4 is 23.1 Å². The van der Waals surface area contributed by atoms with Crippen LogP contribution in [0, 0.1) is 0 Å². The van der Waals surface area contributed by atoms with Crippen molar-refractivity contribution in [3.05, 3.63) is 64.7 Å². The van der Waals surface area contributed by atoms with Crippen LogP contribution in [0.3, 0.4) is 0 Å². The molecule has 0 saturated carbocycles. The van der Waals surface area contributed by atoms with E-state index >= 15 is 0 Å². The van der Waals surface area contributed by atoms with Gasteiger partial charge in [-0.3, -0.25) is 0 Å². The molecule has 136 valence electrons. The molecule has 26 heavy (non-hydrogen) atoms. The number of hydrogen-bond donors (Lipinski definition) is 2. The van der Waals surface area contributed by atoms with Crippen LogP contribution in [0.2, 0.25) is 0 Å². The van der Waals surface area contributed by atoms with Crippen LogP contribution in [0.5, 0.6) is 5.75 Å². The fourth-order valence-corrected chi connectivity index (χ4v) is 4.31. The summed E-state index contributed by atoms with van der Waals surface area (Å²) in [6.45, 7) is -0.234. The van der Waals surface area contributed by atoms with Crippen LogP contribution in [0.1, 0.15) is 16.1 Å². The zero-order valence-corrected chi connectivity index (χ0v) is 15.0. The van der Waals surface area contributed by atoms with E-state index in [1.54, 1.807) is 24.3 Å². The predicted molar refractivity (Wildman–Crippen MR) is 96.1 cm³/mol. The first-order chi connectivity index (χ1) is 12.4. The summed E-state index contributed by atoms with van der Waals surface area (Å²) < 4.78 is 38.0. The third-order valence-corrected chi connectivity index (χ3v) is 5.96. The van der Waals surface area contributed by atoms with Crippen molar-refractivity contribution in [1.82, 2.24) is 4.98 Å². The van der Waals surface area contributed by atoms with E-state index in [4.69, 9.17) is 0 Å². The van der Waals surface area contributed by atoms with Gasteiger partial charge in [0.2, 0.25) is 0 Å². The molecular formula is C18H14F3NO2S2. The second-order valence-corrected chi connectivity index (χ2v) is 7.54. The average Bonchev–Trinajstić information content (AvgIpc) is 3.04. The van der Waals surface area contributed by atoms with Gasteiger partial charge in [-0.05, 0) is 36.4 Å². The van der Waals surface area contributed by atoms with Gasteiger partial charge in [0.25, 0.3) is 0 Å². The van der Waals surface area contributed by atoms with Crippen LogP contribution in [-0.4, -0.2) is 15.2 Å². The number of aliphatic hydroxyl groups excluding tert-OH is 1. The third kappa shape index (κ3) is 4.38. The second-order valence-electron chi connectivity index (χ2n) is 5.40. The molecule has 8 heteroatoms. The molecule has 0 fully saturated rings. The number of thioether (sulfide) groups is 1. The molecule has 0 amide bonds. The van der Waals surface area contributed by atoms with Crippen molar-refractivity contribution in [3.8, 4) is 16.3 Å². The van der Waals surface area contributed by atoms with Crippen molar-refractivity contribution in [2.45, 2.75) is 23.4 Å². The molecule has 0 atom stereocenters. The Labute approximate surface area is 156 Å². The highest BCUT2D eigenvalue weighted by Gasteiger charge is 2.30. The monoisotopic (exact) mass is 397 g/mol. The Morgan fingerprint density at radius 2 is 1.65 bits per heavy atom. The number of phenolic OH excluding ortho intramolecular Hbond substituents is 1. The van der Waals surface area contributed by atoms with Gasteiger partial charge in [-0.1, -0.05) is 12.1 Å². The Morgan fingerprint density at radius 1 is 1.00 bits per heavy atom. The lowest BCUT2D eigenvalue weighted by Gasteiger charge is -2.06. The molecule has 3 aromatic rings. The first-order valence-electron chi connectivity index (χ1n) is 7.55. The van der Waals surface area contributed by atoms with Gasteiger partial charge < -0.3 is 10.2 Å². The maximum atomic E-state index is 12.7. The van der Waals surface area contributed by atoms with Crippen molar-refractivity contribution < 1.29 is 23.4 Å². The van der Waals surface area contributed by atoms with Crippen LogP contribution in [0.15, 0.2) is 53.4 Å². The predicted octanol–water partition coefficient (Wildman–Crippen LogP) is 5.32. The molecule has 0 aliphatic heterocycles. The van der Waals surface area contributed by atoms with E-state index in [0.29, 0.717) is 22.0 Å². The van der Waals surface area contributed by atoms with Crippen LogP contribution in [0.4, 0.5) is 13.2 Å². The molecule has 1 aromatic heterocycles. The fourth-order valence-electron chi connectivity index (χ4n) is 2.24. The Morgan fingerprint density at radius 3 is 2.23 bits per heavy atom. The summed E-state index contributed by atoms with van der Waals surface area (Å²) in [6, 6.07) is 11.6. The molecule has 0 aliphatic rings. The zero-order chi connectivity index (χ0) is 18.7. The standard InChI is InChI=1S/C18H14F3NO2S2/c19-18(20,21)12-3-1-11(2-4-12)17-22-15(9-23)16(26-17)10-25-14-7-5-13(24)6-8-14/h1-8,23-24H,9-10H2. The molecule has 3 rings (SSSR count). The van der Waals surface area contributed by atoms with E-state index in [1.165, 1.54) is 35.2 Å². The van der Waals surface area contributed by atoms with Gasteiger partial charge in [-0.15, -0.1) is 23.1 Å². The molecule has 1 heterocycles. The first kappa shape index (κ1) is 18.8. The minimum absolute atomic E-state index is 0.188. The van der Waals surface area contributed by atoms with E-state index in [1.807, 2.05) is 0 Å². The molecule has 0 aliphatic carbocycles. The average molecular weight is 397 g/mol. The lowest BCUT2D eigenvalue weighted by Crippen LogP contribution is -2.03. The normalized spacial score (nSPS) is 11.7. The number of benzene rings is 2. The smallest absolute Gasteiger partial charge is 0.416 e. The van der Waals surface area contributed by atoms with Crippen molar-refractivity contribution in [2.24, 2.45) is 0 Å². The highest BCUT2D eigenvalue weighted by atomic mass is 32.2. The molecule has 0 bridgehead atoms. The van der Waals surface area contributed by atoms with Gasteiger partial charge in [0.15, 0.2) is 0 Å². The van der Waals surface area contributed by atoms with E-state index < -0.39 is 11.7 Å². The van der Waals surface area contributed by atoms with Gasteiger partial charge in [0.05, 0.1) is 17.9 Å². The third-order valence-electron chi connectivity index (χ3n) is 3.59. The van der Waals surface area contributed by atoms with Crippen LogP contribution < -0.4 is 0 Å². The number of halogens is 3. The maximum Gasteiger partial charge on any atom is 0.416 e. The minimum atomic E-state index is -4.37. The van der Waals surface area contributed by atoms with E-state index in [9.17, 15) is 23.4 Å². The SMILES string of the molecule is OCc1nc(-c2ccc(C(F)(F)F)cc2)sc1CSc1ccc(O)cc1. The van der Waals surface area contributed by atoms with Gasteiger partial charge in [-0.25, -0.2) is 4.98 Å². The summed E-state index contributed by atoms with van der Waals surface area (Å²) >= 11 is 2.88. The summed E-state index contributed by atoms with van der Waals surface area (Å²) in [6.07, 6.45) is -4.37. The molecule has 2 aromatic carbocycles. The summed E-state index contributed by atoms with van der Waals surface area (Å²) in [4.78, 5) is 6.17. The number of phenols is 1. The zero-order valence-electron chi connectivity index (χ0n) is 13.3. The fraction of sp³-hybridized carbons (Fsp3) is 0.167. The molecule has 0 saturated heterocycles. The molecular weight excluding hydrogens is 383 g/mol. The molecule has 0 spiro atoms. The minimum Gasteiger partial charge on any atom is -0.508 e. The Bertz CT molecular complexity index is 875. The number of rotatable bonds is 5. The number of thiazole rings is 1. The quantitative estimate of drug-likeness (QED) is 0.572. The molecule has 0 unspecified atom stereocenters. The summed E-state index contributed by atoms with van der Waals surface area (Å²) in [5, 5.41) is 19.4. The highest BCUT2D eigenvalue weighted by molar-refractivity contribution is 7.98. The van der Waals surface area contributed by atoms with E-state index in [0.717, 1.165) is 21.9 Å². The Balaban J connectivity index is 1.78. The van der Waals surface area contributed by atoms with Gasteiger partial charge in [0.1, 0.15) is 10.8 Å². The van der Waals surface area contributed by atoms with E-state index in [-0.39, 0.29) is 12.4 Å². The Hall–Kier alpha value is -2.03. The number of alkyl halides is 3. The van der Waals surface area contributed by atoms with Crippen molar-refractivity contribution in [2.75, 3.05) is 0 Å². The van der Waals surface area contributed by atoms with Crippen LogP contribution >= 0.6 is 23.1 Å². The maximum absolute atomic E-state index is 12.7. The summed E-state index contributed by atoms with van der Waals surface area (Å²) in [5.41, 5.74) is 0.401. The summed E-state index contributed by atoms with van der Waals surface area (Å²) in [7, 11) is 0. The number of hydrogen-bond acceptors (Lipinski definition) is 5. The highest BCUT2D eigenvalue weighted by Crippen LogP contribution is 2.35. The second kappa shape index (κ2) is 7.69. The van der Waals surface area contributed by atoms with Gasteiger partial charge in [0, 0.05) is 21.1 Å². The van der Waals surface area contributed by atoms with Gasteiger partial charge in [-0.2, -0.15) is 13.2 Å². The lowest BCUT2D eigenvalue weighted by atomic mass is 10.1. The molecule has 3 nitrogen and oxygen atoms in total. The van der Waals surface area contributed by atoms with Gasteiger partial charge >= 0.3 is 6.18 Å².